The highest BCUT2D eigenvalue weighted by Crippen LogP contribution is 2.11. The Morgan fingerprint density at radius 3 is 2.61 bits per heavy atom. The molecule has 0 aliphatic heterocycles. The normalized spacial score (nSPS) is 12.2. The van der Waals surface area contributed by atoms with Crippen molar-refractivity contribution in [2.24, 2.45) is 5.73 Å². The number of imidazole rings is 1. The van der Waals surface area contributed by atoms with E-state index >= 15 is 0 Å². The predicted octanol–water partition coefficient (Wildman–Crippen LogP) is 0.197. The van der Waals surface area contributed by atoms with Crippen molar-refractivity contribution in [2.45, 2.75) is 24.4 Å². The van der Waals surface area contributed by atoms with Gasteiger partial charge in [0.2, 0.25) is 0 Å². The van der Waals surface area contributed by atoms with Gasteiger partial charge in [-0.1, -0.05) is 0 Å². The Morgan fingerprint density at radius 1 is 1.56 bits per heavy atom. The Kier molecular flexibility index (Phi) is 6.14. The van der Waals surface area contributed by atoms with Crippen LogP contribution < -0.4 is 10.5 Å². The molecule has 0 spiro atoms. The third-order valence-electron chi connectivity index (χ3n) is 2.07. The first-order chi connectivity index (χ1) is 7.80. The zero-order valence-electron chi connectivity index (χ0n) is 9.64. The average molecular weight is 305 g/mol. The first-order valence-corrected chi connectivity index (χ1v) is 6.38. The molecule has 1 heterocycles. The summed E-state index contributed by atoms with van der Waals surface area (Å²) in [5.41, 5.74) is 4.80. The Morgan fingerprint density at radius 2 is 2.17 bits per heavy atom. The van der Waals surface area contributed by atoms with Gasteiger partial charge in [-0.3, -0.25) is 0 Å². The van der Waals surface area contributed by atoms with Crippen LogP contribution in [0.4, 0.5) is 8.78 Å². The molecule has 3 N–H and O–H groups in total. The third-order valence-corrected chi connectivity index (χ3v) is 3.36. The standard InChI is InChI=1S/C8H14F2N4O2S.ClH/c1-2-14-3-7(12-6-14)17(15,16)13-5-8(9,10)4-11;/h3,6,13H,2,4-5,11H2,1H3;1H. The van der Waals surface area contributed by atoms with Crippen LogP contribution in [0.25, 0.3) is 0 Å². The van der Waals surface area contributed by atoms with E-state index in [1.807, 2.05) is 0 Å². The Bertz CT molecular complexity index is 477. The van der Waals surface area contributed by atoms with E-state index in [9.17, 15) is 17.2 Å². The fourth-order valence-corrected chi connectivity index (χ4v) is 2.01. The van der Waals surface area contributed by atoms with Crippen LogP contribution in [0.5, 0.6) is 0 Å². The van der Waals surface area contributed by atoms with Crippen LogP contribution in [0.2, 0.25) is 0 Å². The molecule has 6 nitrogen and oxygen atoms in total. The van der Waals surface area contributed by atoms with Crippen LogP contribution in [-0.2, 0) is 16.6 Å². The smallest absolute Gasteiger partial charge is 0.273 e. The molecule has 0 radical (unpaired) electrons. The van der Waals surface area contributed by atoms with Crippen LogP contribution in [0.3, 0.4) is 0 Å². The van der Waals surface area contributed by atoms with Crippen molar-refractivity contribution < 1.29 is 17.2 Å². The van der Waals surface area contributed by atoms with E-state index in [4.69, 9.17) is 5.73 Å². The van der Waals surface area contributed by atoms with E-state index in [1.165, 1.54) is 17.1 Å². The van der Waals surface area contributed by atoms with E-state index in [-0.39, 0.29) is 17.4 Å². The minimum Gasteiger partial charge on any atom is -0.336 e. The summed E-state index contributed by atoms with van der Waals surface area (Å²) in [7, 11) is -4.01. The van der Waals surface area contributed by atoms with E-state index in [1.54, 1.807) is 11.6 Å². The quantitative estimate of drug-likeness (QED) is 0.785. The highest BCUT2D eigenvalue weighted by molar-refractivity contribution is 7.89. The van der Waals surface area contributed by atoms with Crippen LogP contribution in [-0.4, -0.2) is 37.0 Å². The van der Waals surface area contributed by atoms with Gasteiger partial charge in [0, 0.05) is 12.7 Å². The summed E-state index contributed by atoms with van der Waals surface area (Å²) < 4.78 is 52.0. The van der Waals surface area contributed by atoms with E-state index in [0.717, 1.165) is 0 Å². The van der Waals surface area contributed by atoms with E-state index in [0.29, 0.717) is 6.54 Å². The first-order valence-electron chi connectivity index (χ1n) is 4.90. The molecule has 1 rings (SSSR count). The molecule has 1 aromatic heterocycles. The number of nitrogens with zero attached hydrogens (tertiary/aromatic N) is 2. The van der Waals surface area contributed by atoms with Gasteiger partial charge < -0.3 is 10.3 Å². The number of halogens is 3. The molecule has 0 fully saturated rings. The lowest BCUT2D eigenvalue weighted by Gasteiger charge is -2.13. The predicted molar refractivity (Wildman–Crippen MR) is 64.3 cm³/mol. The van der Waals surface area contributed by atoms with Gasteiger partial charge in [-0.05, 0) is 6.92 Å². The summed E-state index contributed by atoms with van der Waals surface area (Å²) in [5.74, 6) is -3.26. The zero-order valence-corrected chi connectivity index (χ0v) is 11.3. The minimum atomic E-state index is -4.01. The van der Waals surface area contributed by atoms with Gasteiger partial charge in [0.05, 0.1) is 19.4 Å². The molecule has 0 aliphatic carbocycles. The number of hydrogen-bond donors (Lipinski definition) is 2. The number of nitrogens with one attached hydrogen (secondary N) is 1. The van der Waals surface area contributed by atoms with Gasteiger partial charge >= 0.3 is 0 Å². The van der Waals surface area contributed by atoms with Crippen molar-refractivity contribution in [1.82, 2.24) is 14.3 Å². The number of sulfonamides is 1. The maximum absolute atomic E-state index is 12.8. The Hall–Kier alpha value is -0.770. The lowest BCUT2D eigenvalue weighted by Crippen LogP contribution is -2.41. The molecule has 0 saturated carbocycles. The summed E-state index contributed by atoms with van der Waals surface area (Å²) >= 11 is 0. The fraction of sp³-hybridized carbons (Fsp3) is 0.625. The molecule has 106 valence electrons. The second-order valence-corrected chi connectivity index (χ2v) is 5.14. The SMILES string of the molecule is CCn1cnc(S(=O)(=O)NCC(F)(F)CN)c1.Cl. The molecule has 0 bridgehead atoms. The van der Waals surface area contributed by atoms with Gasteiger partial charge in [-0.25, -0.2) is 26.9 Å². The summed E-state index contributed by atoms with van der Waals surface area (Å²) in [4.78, 5) is 3.62. The van der Waals surface area contributed by atoms with E-state index < -0.39 is 29.0 Å². The second kappa shape index (κ2) is 6.41. The maximum atomic E-state index is 12.8. The molecule has 0 amide bonds. The van der Waals surface area contributed by atoms with Crippen molar-refractivity contribution in [2.75, 3.05) is 13.1 Å². The summed E-state index contributed by atoms with van der Waals surface area (Å²) in [5, 5.41) is -0.285. The van der Waals surface area contributed by atoms with Crippen molar-refractivity contribution in [3.63, 3.8) is 0 Å². The van der Waals surface area contributed by atoms with Crippen LogP contribution in [0.1, 0.15) is 6.92 Å². The van der Waals surface area contributed by atoms with Crippen molar-refractivity contribution in [3.05, 3.63) is 12.5 Å². The van der Waals surface area contributed by atoms with Gasteiger partial charge in [0.15, 0.2) is 5.03 Å². The topological polar surface area (TPSA) is 90.0 Å². The first kappa shape index (κ1) is 17.2. The van der Waals surface area contributed by atoms with E-state index in [2.05, 4.69) is 4.98 Å². The molecule has 1 aromatic rings. The minimum absolute atomic E-state index is 0. The second-order valence-electron chi connectivity index (χ2n) is 3.43. The summed E-state index contributed by atoms with van der Waals surface area (Å²) in [6, 6.07) is 0. The Labute approximate surface area is 110 Å². The fourth-order valence-electron chi connectivity index (χ4n) is 0.998. The molecule has 0 aromatic carbocycles. The van der Waals surface area contributed by atoms with Gasteiger partial charge in [0.25, 0.3) is 15.9 Å². The van der Waals surface area contributed by atoms with Crippen LogP contribution >= 0.6 is 12.4 Å². The maximum Gasteiger partial charge on any atom is 0.273 e. The monoisotopic (exact) mass is 304 g/mol. The number of aromatic nitrogens is 2. The molecule has 10 heteroatoms. The van der Waals surface area contributed by atoms with Crippen LogP contribution in [0.15, 0.2) is 17.6 Å². The lowest BCUT2D eigenvalue weighted by molar-refractivity contribution is 0.0170. The largest absolute Gasteiger partial charge is 0.336 e. The molecule has 0 saturated heterocycles. The van der Waals surface area contributed by atoms with Crippen LogP contribution in [0, 0.1) is 0 Å². The van der Waals surface area contributed by atoms with Gasteiger partial charge in [-0.15, -0.1) is 12.4 Å². The lowest BCUT2D eigenvalue weighted by atomic mass is 10.3. The molecular weight excluding hydrogens is 290 g/mol. The Balaban J connectivity index is 0.00000289. The number of hydrogen-bond acceptors (Lipinski definition) is 4. The summed E-state index contributed by atoms with van der Waals surface area (Å²) in [6.07, 6.45) is 2.58. The molecule has 0 unspecified atom stereocenters. The van der Waals surface area contributed by atoms with Gasteiger partial charge in [-0.2, -0.15) is 0 Å². The zero-order chi connectivity index (χ0) is 13.1. The highest BCUT2D eigenvalue weighted by Gasteiger charge is 2.30. The molecule has 0 aliphatic rings. The molecule has 18 heavy (non-hydrogen) atoms. The highest BCUT2D eigenvalue weighted by atomic mass is 35.5. The van der Waals surface area contributed by atoms with Crippen molar-refractivity contribution >= 4 is 22.4 Å². The number of alkyl halides is 2. The van der Waals surface area contributed by atoms with Gasteiger partial charge in [0.1, 0.15) is 0 Å². The van der Waals surface area contributed by atoms with Crippen molar-refractivity contribution in [3.8, 4) is 0 Å². The summed E-state index contributed by atoms with van der Waals surface area (Å²) in [6.45, 7) is 0.388. The number of nitrogens with two attached hydrogens (primary N) is 1. The average Bonchev–Trinajstić information content (AvgIpc) is 2.76. The van der Waals surface area contributed by atoms with Crippen molar-refractivity contribution in [1.29, 1.82) is 0 Å². The molecular formula is C8H15ClF2N4O2S. The third kappa shape index (κ3) is 4.48. The molecule has 0 atom stereocenters. The number of aryl methyl sites for hydroxylation is 1. The number of rotatable bonds is 6.